The van der Waals surface area contributed by atoms with Crippen molar-refractivity contribution in [3.8, 4) is 6.07 Å². The van der Waals surface area contributed by atoms with Gasteiger partial charge in [0.05, 0.1) is 22.9 Å². The van der Waals surface area contributed by atoms with Crippen LogP contribution >= 0.6 is 11.3 Å². The van der Waals surface area contributed by atoms with E-state index in [9.17, 15) is 9.18 Å². The summed E-state index contributed by atoms with van der Waals surface area (Å²) in [5, 5.41) is 13.2. The van der Waals surface area contributed by atoms with Crippen LogP contribution in [0.25, 0.3) is 0 Å². The van der Waals surface area contributed by atoms with Crippen LogP contribution in [0.3, 0.4) is 0 Å². The van der Waals surface area contributed by atoms with Gasteiger partial charge >= 0.3 is 0 Å². The smallest absolute Gasteiger partial charge is 0.249 e. The van der Waals surface area contributed by atoms with Gasteiger partial charge in [0.2, 0.25) is 5.91 Å². The number of thiophene rings is 1. The first-order valence-corrected chi connectivity index (χ1v) is 6.29. The highest BCUT2D eigenvalue weighted by atomic mass is 32.1. The lowest BCUT2D eigenvalue weighted by Gasteiger charge is -2.06. The van der Waals surface area contributed by atoms with E-state index >= 15 is 0 Å². The molecule has 4 nitrogen and oxygen atoms in total. The number of benzene rings is 1. The molecule has 0 saturated heterocycles. The summed E-state index contributed by atoms with van der Waals surface area (Å²) >= 11 is 1.37. The maximum atomic E-state index is 13.6. The molecule has 1 amide bonds. The van der Waals surface area contributed by atoms with E-state index < -0.39 is 11.7 Å². The number of nitrogens with two attached hydrogens (primary N) is 1. The maximum Gasteiger partial charge on any atom is 0.249 e. The molecule has 2 rings (SSSR count). The van der Waals surface area contributed by atoms with Gasteiger partial charge in [-0.15, -0.1) is 11.3 Å². The van der Waals surface area contributed by atoms with Crippen molar-refractivity contribution in [2.75, 3.05) is 5.32 Å². The van der Waals surface area contributed by atoms with Gasteiger partial charge in [-0.2, -0.15) is 5.26 Å². The van der Waals surface area contributed by atoms with Crippen LogP contribution in [0.4, 0.5) is 10.1 Å². The lowest BCUT2D eigenvalue weighted by molar-refractivity contribution is 0.100. The van der Waals surface area contributed by atoms with Crippen molar-refractivity contribution in [2.24, 2.45) is 5.73 Å². The normalized spacial score (nSPS) is 9.89. The zero-order valence-electron chi connectivity index (χ0n) is 9.81. The minimum absolute atomic E-state index is 0.273. The van der Waals surface area contributed by atoms with E-state index in [2.05, 4.69) is 5.32 Å². The molecule has 19 heavy (non-hydrogen) atoms. The molecule has 0 unspecified atom stereocenters. The first-order chi connectivity index (χ1) is 9.10. The standard InChI is InChI=1S/C13H10FN3OS/c14-11-3-8(5-15)1-2-12(11)17-6-10-4-9(7-19-10)13(16)18/h1-4,7,17H,6H2,(H2,16,18). The average Bonchev–Trinajstić information content (AvgIpc) is 2.86. The van der Waals surface area contributed by atoms with Gasteiger partial charge < -0.3 is 11.1 Å². The van der Waals surface area contributed by atoms with Crippen LogP contribution in [0, 0.1) is 17.1 Å². The Morgan fingerprint density at radius 2 is 2.26 bits per heavy atom. The Morgan fingerprint density at radius 3 is 2.84 bits per heavy atom. The largest absolute Gasteiger partial charge is 0.378 e. The van der Waals surface area contributed by atoms with Crippen LogP contribution in [0.2, 0.25) is 0 Å². The molecule has 1 aromatic carbocycles. The number of hydrogen-bond acceptors (Lipinski definition) is 4. The van der Waals surface area contributed by atoms with Crippen molar-refractivity contribution in [2.45, 2.75) is 6.54 Å². The highest BCUT2D eigenvalue weighted by molar-refractivity contribution is 7.10. The number of hydrogen-bond donors (Lipinski definition) is 2. The fourth-order valence-electron chi connectivity index (χ4n) is 1.51. The summed E-state index contributed by atoms with van der Waals surface area (Å²) < 4.78 is 13.6. The lowest BCUT2D eigenvalue weighted by atomic mass is 10.2. The van der Waals surface area contributed by atoms with E-state index in [1.165, 1.54) is 29.5 Å². The summed E-state index contributed by atoms with van der Waals surface area (Å²) in [6.45, 7) is 0.390. The SMILES string of the molecule is N#Cc1ccc(NCc2cc(C(N)=O)cs2)c(F)c1. The molecule has 0 spiro atoms. The summed E-state index contributed by atoms with van der Waals surface area (Å²) in [7, 11) is 0. The fraction of sp³-hybridized carbons (Fsp3) is 0.0769. The first kappa shape index (κ1) is 13.1. The third-order valence-corrected chi connectivity index (χ3v) is 3.43. The third kappa shape index (κ3) is 3.09. The summed E-state index contributed by atoms with van der Waals surface area (Å²) in [4.78, 5) is 11.8. The van der Waals surface area contributed by atoms with E-state index in [1.807, 2.05) is 6.07 Å². The van der Waals surface area contributed by atoms with Crippen molar-refractivity contribution in [3.05, 3.63) is 51.5 Å². The van der Waals surface area contributed by atoms with Crippen molar-refractivity contribution in [3.63, 3.8) is 0 Å². The molecular formula is C13H10FN3OS. The van der Waals surface area contributed by atoms with Gasteiger partial charge in [0.1, 0.15) is 5.82 Å². The van der Waals surface area contributed by atoms with Gasteiger partial charge in [-0.1, -0.05) is 0 Å². The van der Waals surface area contributed by atoms with Crippen molar-refractivity contribution >= 4 is 22.9 Å². The second kappa shape index (κ2) is 5.50. The number of nitrogens with one attached hydrogen (secondary N) is 1. The Morgan fingerprint density at radius 1 is 1.47 bits per heavy atom. The van der Waals surface area contributed by atoms with Crippen molar-refractivity contribution in [1.29, 1.82) is 5.26 Å². The quantitative estimate of drug-likeness (QED) is 0.899. The molecule has 0 saturated carbocycles. The monoisotopic (exact) mass is 275 g/mol. The van der Waals surface area contributed by atoms with Crippen LogP contribution in [0.5, 0.6) is 0 Å². The number of carbonyl (C=O) groups is 1. The molecular weight excluding hydrogens is 265 g/mol. The molecule has 96 valence electrons. The first-order valence-electron chi connectivity index (χ1n) is 5.41. The molecule has 0 radical (unpaired) electrons. The minimum Gasteiger partial charge on any atom is -0.378 e. The van der Waals surface area contributed by atoms with E-state index in [1.54, 1.807) is 11.4 Å². The second-order valence-corrected chi connectivity index (χ2v) is 4.82. The summed E-state index contributed by atoms with van der Waals surface area (Å²) in [5.41, 5.74) is 6.18. The number of amides is 1. The minimum atomic E-state index is -0.481. The summed E-state index contributed by atoms with van der Waals surface area (Å²) in [5.74, 6) is -0.960. The Hall–Kier alpha value is -2.39. The van der Waals surface area contributed by atoms with Gasteiger partial charge in [-0.25, -0.2) is 4.39 Å². The second-order valence-electron chi connectivity index (χ2n) is 3.83. The van der Waals surface area contributed by atoms with Crippen LogP contribution in [-0.4, -0.2) is 5.91 Å². The number of anilines is 1. The van der Waals surface area contributed by atoms with Crippen LogP contribution < -0.4 is 11.1 Å². The summed E-state index contributed by atoms with van der Waals surface area (Å²) in [6, 6.07) is 7.75. The Balaban J connectivity index is 2.06. The zero-order chi connectivity index (χ0) is 13.8. The van der Waals surface area contributed by atoms with Crippen LogP contribution in [0.1, 0.15) is 20.8 Å². The molecule has 0 aliphatic rings. The van der Waals surface area contributed by atoms with E-state index in [0.717, 1.165) is 4.88 Å². The molecule has 0 aliphatic carbocycles. The van der Waals surface area contributed by atoms with Crippen molar-refractivity contribution in [1.82, 2.24) is 0 Å². The molecule has 3 N–H and O–H groups in total. The Labute approximate surface area is 113 Å². The average molecular weight is 275 g/mol. The topological polar surface area (TPSA) is 78.9 Å². The van der Waals surface area contributed by atoms with E-state index in [0.29, 0.717) is 17.8 Å². The Bertz CT molecular complexity index is 660. The fourth-order valence-corrected chi connectivity index (χ4v) is 2.33. The molecule has 6 heteroatoms. The highest BCUT2D eigenvalue weighted by Crippen LogP contribution is 2.19. The van der Waals surface area contributed by atoms with E-state index in [4.69, 9.17) is 11.0 Å². The van der Waals surface area contributed by atoms with Crippen molar-refractivity contribution < 1.29 is 9.18 Å². The Kier molecular flexibility index (Phi) is 3.78. The van der Waals surface area contributed by atoms with Gasteiger partial charge in [0.15, 0.2) is 0 Å². The predicted molar refractivity (Wildman–Crippen MR) is 71.3 cm³/mol. The summed E-state index contributed by atoms with van der Waals surface area (Å²) in [6.07, 6.45) is 0. The van der Waals surface area contributed by atoms with Gasteiger partial charge in [-0.05, 0) is 24.3 Å². The number of nitriles is 1. The third-order valence-electron chi connectivity index (χ3n) is 2.49. The van der Waals surface area contributed by atoms with Gasteiger partial charge in [-0.3, -0.25) is 4.79 Å². The number of halogens is 1. The van der Waals surface area contributed by atoms with Crippen LogP contribution in [0.15, 0.2) is 29.6 Å². The number of rotatable bonds is 4. The van der Waals surface area contributed by atoms with Gasteiger partial charge in [0, 0.05) is 16.8 Å². The molecule has 1 heterocycles. The predicted octanol–water partition coefficient (Wildman–Crippen LogP) is 2.47. The molecule has 0 bridgehead atoms. The number of primary amides is 1. The number of carbonyl (C=O) groups excluding carboxylic acids is 1. The van der Waals surface area contributed by atoms with Crippen LogP contribution in [-0.2, 0) is 6.54 Å². The highest BCUT2D eigenvalue weighted by Gasteiger charge is 2.06. The molecule has 0 fully saturated rings. The number of nitrogens with zero attached hydrogens (tertiary/aromatic N) is 1. The lowest BCUT2D eigenvalue weighted by Crippen LogP contribution is -2.09. The molecule has 0 atom stereocenters. The molecule has 2 aromatic rings. The van der Waals surface area contributed by atoms with E-state index in [-0.39, 0.29) is 5.56 Å². The molecule has 1 aromatic heterocycles. The zero-order valence-corrected chi connectivity index (χ0v) is 10.6. The molecule has 0 aliphatic heterocycles. The maximum absolute atomic E-state index is 13.6. The van der Waals surface area contributed by atoms with Gasteiger partial charge in [0.25, 0.3) is 0 Å².